The quantitative estimate of drug-likeness (QED) is 0.764. The molecule has 0 amide bonds. The van der Waals surface area contributed by atoms with Gasteiger partial charge in [0.2, 0.25) is 10.0 Å². The van der Waals surface area contributed by atoms with E-state index in [1.54, 1.807) is 0 Å². The first-order valence-corrected chi connectivity index (χ1v) is 7.08. The Labute approximate surface area is 92.1 Å². The lowest BCUT2D eigenvalue weighted by molar-refractivity contribution is 0.279. The molecule has 0 aromatic heterocycles. The van der Waals surface area contributed by atoms with Crippen LogP contribution in [-0.4, -0.2) is 30.9 Å². The Hall–Kier alpha value is -0.130. The molecule has 4 nitrogen and oxygen atoms in total. The molecule has 1 atom stereocenters. The maximum Gasteiger partial charge on any atom is 0.216 e. The van der Waals surface area contributed by atoms with Crippen molar-refractivity contribution in [2.75, 3.05) is 6.61 Å². The van der Waals surface area contributed by atoms with Gasteiger partial charge in [-0.15, -0.1) is 0 Å². The number of sulfonamides is 1. The molecule has 90 valence electrons. The summed E-state index contributed by atoms with van der Waals surface area (Å²) in [5.41, 5.74) is -0.305. The number of rotatable bonds is 4. The van der Waals surface area contributed by atoms with E-state index in [1.165, 1.54) is 13.3 Å². The van der Waals surface area contributed by atoms with Crippen molar-refractivity contribution in [2.24, 2.45) is 0 Å². The molecule has 1 saturated carbocycles. The van der Waals surface area contributed by atoms with Crippen LogP contribution in [0.15, 0.2) is 0 Å². The molecule has 2 N–H and O–H groups in total. The lowest BCUT2D eigenvalue weighted by atomic mass is 9.84. The third-order valence-electron chi connectivity index (χ3n) is 3.13. The van der Waals surface area contributed by atoms with Gasteiger partial charge in [-0.1, -0.05) is 19.3 Å². The maximum absolute atomic E-state index is 11.8. The lowest BCUT2D eigenvalue weighted by Crippen LogP contribution is -2.50. The van der Waals surface area contributed by atoms with Crippen molar-refractivity contribution in [1.82, 2.24) is 4.72 Å². The minimum atomic E-state index is -3.37. The Morgan fingerprint density at radius 3 is 2.33 bits per heavy atom. The minimum absolute atomic E-state index is 0.305. The zero-order valence-electron chi connectivity index (χ0n) is 9.49. The summed E-state index contributed by atoms with van der Waals surface area (Å²) in [6, 6.07) is 0. The van der Waals surface area contributed by atoms with Gasteiger partial charge in [0.1, 0.15) is 0 Å². The summed E-state index contributed by atoms with van der Waals surface area (Å²) in [7, 11) is -3.37. The molecule has 1 unspecified atom stereocenters. The topological polar surface area (TPSA) is 66.4 Å². The van der Waals surface area contributed by atoms with Gasteiger partial charge in [0.25, 0.3) is 0 Å². The van der Waals surface area contributed by atoms with Crippen molar-refractivity contribution in [2.45, 2.75) is 56.7 Å². The Balaban J connectivity index is 2.67. The largest absolute Gasteiger partial charge is 0.395 e. The molecular weight excluding hydrogens is 214 g/mol. The third-order valence-corrected chi connectivity index (χ3v) is 5.12. The second kappa shape index (κ2) is 4.80. The molecule has 5 heteroatoms. The summed E-state index contributed by atoms with van der Waals surface area (Å²) < 4.78 is 26.3. The van der Waals surface area contributed by atoms with Crippen LogP contribution in [0.3, 0.4) is 0 Å². The molecule has 0 bridgehead atoms. The first-order valence-electron chi connectivity index (χ1n) is 5.53. The van der Waals surface area contributed by atoms with E-state index in [0.717, 1.165) is 25.7 Å². The molecule has 0 aromatic rings. The summed E-state index contributed by atoms with van der Waals surface area (Å²) in [6.45, 7) is 3.15. The van der Waals surface area contributed by atoms with Crippen LogP contribution in [0.2, 0.25) is 0 Å². The SMILES string of the molecule is CC(CO)S(=O)(=O)NC1(C)CCCCC1. The molecule has 15 heavy (non-hydrogen) atoms. The molecule has 0 radical (unpaired) electrons. The molecule has 0 heterocycles. The van der Waals surface area contributed by atoms with E-state index < -0.39 is 15.3 Å². The molecule has 0 saturated heterocycles. The van der Waals surface area contributed by atoms with Crippen molar-refractivity contribution in [3.05, 3.63) is 0 Å². The van der Waals surface area contributed by atoms with Crippen molar-refractivity contribution in [3.63, 3.8) is 0 Å². The van der Waals surface area contributed by atoms with Crippen molar-refractivity contribution >= 4 is 10.0 Å². The Morgan fingerprint density at radius 1 is 1.33 bits per heavy atom. The van der Waals surface area contributed by atoms with Gasteiger partial charge in [-0.05, 0) is 26.7 Å². The van der Waals surface area contributed by atoms with E-state index >= 15 is 0 Å². The number of aliphatic hydroxyl groups is 1. The molecule has 0 spiro atoms. The van der Waals surface area contributed by atoms with Crippen LogP contribution < -0.4 is 4.72 Å². The molecule has 1 aliphatic rings. The fourth-order valence-electron chi connectivity index (χ4n) is 1.98. The predicted octanol–water partition coefficient (Wildman–Crippen LogP) is 1.01. The minimum Gasteiger partial charge on any atom is -0.395 e. The Morgan fingerprint density at radius 2 is 1.87 bits per heavy atom. The monoisotopic (exact) mass is 235 g/mol. The van der Waals surface area contributed by atoms with Gasteiger partial charge >= 0.3 is 0 Å². The summed E-state index contributed by atoms with van der Waals surface area (Å²) in [6.07, 6.45) is 5.13. The third kappa shape index (κ3) is 3.43. The Bertz CT molecular complexity index is 294. The maximum atomic E-state index is 11.8. The highest BCUT2D eigenvalue weighted by Crippen LogP contribution is 2.28. The van der Waals surface area contributed by atoms with Gasteiger partial charge in [-0.25, -0.2) is 13.1 Å². The normalized spacial score (nSPS) is 23.7. The van der Waals surface area contributed by atoms with Gasteiger partial charge in [0.05, 0.1) is 11.9 Å². The van der Waals surface area contributed by atoms with Crippen LogP contribution in [0.5, 0.6) is 0 Å². The molecule has 1 rings (SSSR count). The van der Waals surface area contributed by atoms with Gasteiger partial charge in [-0.3, -0.25) is 0 Å². The van der Waals surface area contributed by atoms with Crippen molar-refractivity contribution in [1.29, 1.82) is 0 Å². The van der Waals surface area contributed by atoms with Crippen LogP contribution in [0, 0.1) is 0 Å². The molecule has 1 aliphatic carbocycles. The number of nitrogens with one attached hydrogen (secondary N) is 1. The molecule has 0 aliphatic heterocycles. The van der Waals surface area contributed by atoms with E-state index in [2.05, 4.69) is 4.72 Å². The fraction of sp³-hybridized carbons (Fsp3) is 1.00. The standard InChI is InChI=1S/C10H21NO3S/c1-9(8-12)15(13,14)11-10(2)6-4-3-5-7-10/h9,11-12H,3-8H2,1-2H3. The molecule has 1 fully saturated rings. The van der Waals surface area contributed by atoms with Gasteiger partial charge < -0.3 is 5.11 Å². The predicted molar refractivity (Wildman–Crippen MR) is 60.1 cm³/mol. The number of hydrogen-bond donors (Lipinski definition) is 2. The van der Waals surface area contributed by atoms with E-state index in [0.29, 0.717) is 0 Å². The van der Waals surface area contributed by atoms with E-state index in [9.17, 15) is 8.42 Å². The summed E-state index contributed by atoms with van der Waals surface area (Å²) in [5.74, 6) is 0. The average molecular weight is 235 g/mol. The highest BCUT2D eigenvalue weighted by Gasteiger charge is 2.33. The average Bonchev–Trinajstić information content (AvgIpc) is 2.16. The first kappa shape index (κ1) is 12.9. The van der Waals surface area contributed by atoms with Crippen molar-refractivity contribution < 1.29 is 13.5 Å². The second-order valence-electron chi connectivity index (χ2n) is 4.76. The van der Waals surface area contributed by atoms with Crippen LogP contribution in [0.25, 0.3) is 0 Å². The number of aliphatic hydroxyl groups excluding tert-OH is 1. The lowest BCUT2D eigenvalue weighted by Gasteiger charge is -2.34. The van der Waals surface area contributed by atoms with Crippen LogP contribution >= 0.6 is 0 Å². The molecule has 0 aromatic carbocycles. The zero-order chi connectivity index (χ0) is 11.5. The van der Waals surface area contributed by atoms with Gasteiger partial charge in [-0.2, -0.15) is 0 Å². The second-order valence-corrected chi connectivity index (χ2v) is 6.86. The smallest absolute Gasteiger partial charge is 0.216 e. The van der Waals surface area contributed by atoms with Crippen LogP contribution in [-0.2, 0) is 10.0 Å². The zero-order valence-corrected chi connectivity index (χ0v) is 10.3. The highest BCUT2D eigenvalue weighted by atomic mass is 32.2. The van der Waals surface area contributed by atoms with Crippen molar-refractivity contribution in [3.8, 4) is 0 Å². The summed E-state index contributed by atoms with van der Waals surface area (Å²) in [4.78, 5) is 0. The highest BCUT2D eigenvalue weighted by molar-refractivity contribution is 7.90. The van der Waals surface area contributed by atoms with E-state index in [-0.39, 0.29) is 12.1 Å². The van der Waals surface area contributed by atoms with Gasteiger partial charge in [0, 0.05) is 5.54 Å². The molecular formula is C10H21NO3S. The van der Waals surface area contributed by atoms with E-state index in [4.69, 9.17) is 5.11 Å². The Kier molecular flexibility index (Phi) is 4.14. The van der Waals surface area contributed by atoms with Crippen LogP contribution in [0.4, 0.5) is 0 Å². The number of hydrogen-bond acceptors (Lipinski definition) is 3. The van der Waals surface area contributed by atoms with Gasteiger partial charge in [0.15, 0.2) is 0 Å². The summed E-state index contributed by atoms with van der Waals surface area (Å²) >= 11 is 0. The fourth-order valence-corrected chi connectivity index (χ4v) is 3.26. The first-order chi connectivity index (χ1) is 6.90. The van der Waals surface area contributed by atoms with E-state index in [1.807, 2.05) is 6.92 Å². The van der Waals surface area contributed by atoms with Crippen LogP contribution in [0.1, 0.15) is 46.0 Å². The summed E-state index contributed by atoms with van der Waals surface area (Å²) in [5, 5.41) is 8.14.